The van der Waals surface area contributed by atoms with Gasteiger partial charge in [-0.25, -0.2) is 24.9 Å². The number of hydrogen-bond donors (Lipinski definition) is 0. The second-order valence-corrected chi connectivity index (χ2v) is 28.8. The number of benzene rings is 5. The molecule has 4 atom stereocenters. The molecule has 0 saturated carbocycles. The van der Waals surface area contributed by atoms with Crippen LogP contribution in [0.1, 0.15) is 31.8 Å². The highest BCUT2D eigenvalue weighted by Gasteiger charge is 2.46. The summed E-state index contributed by atoms with van der Waals surface area (Å²) < 4.78 is 48.2. The lowest BCUT2D eigenvalue weighted by molar-refractivity contribution is 0.561. The Hall–Kier alpha value is -13.2. The van der Waals surface area contributed by atoms with E-state index in [4.69, 9.17) is 26.8 Å². The summed E-state index contributed by atoms with van der Waals surface area (Å²) >= 11 is 0. The number of nitrogens with zero attached hydrogens (tertiary/aromatic N) is 17. The first-order valence-corrected chi connectivity index (χ1v) is 37.2. The van der Waals surface area contributed by atoms with Gasteiger partial charge in [0.2, 0.25) is 22.9 Å². The van der Waals surface area contributed by atoms with Crippen LogP contribution in [-0.2, 0) is 0 Å². The maximum Gasteiger partial charge on any atom is 0.409 e. The first-order valence-electron chi connectivity index (χ1n) is 38.7. The van der Waals surface area contributed by atoms with Crippen molar-refractivity contribution in [1.82, 2.24) is 44.2 Å². The molecule has 14 aromatic rings. The molecule has 0 N–H and O–H groups in total. The number of anilines is 10. The number of fused-ring (bicyclic) bond motifs is 16. The lowest BCUT2D eigenvalue weighted by atomic mass is 9.69. The van der Waals surface area contributed by atoms with Crippen molar-refractivity contribution >= 4 is 178 Å². The van der Waals surface area contributed by atoms with Gasteiger partial charge in [-0.15, -0.1) is 0 Å². The highest BCUT2D eigenvalue weighted by atomic mass is 16.3. The molecule has 8 aliphatic rings. The van der Waals surface area contributed by atoms with Crippen LogP contribution in [0.5, 0.6) is 0 Å². The van der Waals surface area contributed by atoms with Gasteiger partial charge in [-0.3, -0.25) is 0 Å². The molecule has 0 spiro atoms. The van der Waals surface area contributed by atoms with Gasteiger partial charge in [0.05, 0.1) is 64.5 Å². The molecular formula is C85H79B4N17O4. The summed E-state index contributed by atoms with van der Waals surface area (Å²) in [5.74, 6) is 9.57. The smallest absolute Gasteiger partial charge is 0.409 e. The van der Waals surface area contributed by atoms with Crippen molar-refractivity contribution in [3.05, 3.63) is 268 Å². The van der Waals surface area contributed by atoms with Crippen molar-refractivity contribution in [3.8, 4) is 0 Å². The van der Waals surface area contributed by atoms with E-state index in [1.165, 1.54) is 33.3 Å². The molecule has 0 saturated heterocycles. The summed E-state index contributed by atoms with van der Waals surface area (Å²) in [5.41, 5.74) is 16.0. The van der Waals surface area contributed by atoms with Crippen LogP contribution in [0, 0.1) is 0 Å². The van der Waals surface area contributed by atoms with Crippen molar-refractivity contribution in [2.75, 3.05) is 81.1 Å². The van der Waals surface area contributed by atoms with Crippen LogP contribution in [0.2, 0.25) is 0 Å². The van der Waals surface area contributed by atoms with E-state index >= 15 is 0 Å². The minimum atomic E-state index is -2.23. The minimum absolute atomic E-state index is 0.0305. The van der Waals surface area contributed by atoms with Crippen LogP contribution in [-0.4, -0.2) is 139 Å². The van der Waals surface area contributed by atoms with Crippen LogP contribution in [0.25, 0.3) is 93.1 Å². The SMILES string of the molecule is C[C@@H]1N(B2C=c3oc4ncccc4c3=CN2C)c2ccccc2N1c1ccccc1.C[C@@H]1N(B2C=c3oc4ncccc4c3=CN2C)c2ncccc2N1c1ccccc1.C[C@H]1N(C)c2ccccc2N1B1C=c2oc3ncccc3c2=CN1C.[2H]C([2H])([2H])N1c2ccccc2N(B2C=c3oc4ncccc4c3=CN2C)[C@H]1C. The number of aromatic nitrogens is 5. The van der Waals surface area contributed by atoms with Crippen LogP contribution in [0.3, 0.4) is 0 Å². The third kappa shape index (κ3) is 11.1. The fourth-order valence-corrected chi connectivity index (χ4v) is 17.1. The zero-order valence-electron chi connectivity index (χ0n) is 65.3. The summed E-state index contributed by atoms with van der Waals surface area (Å²) in [5, 5.41) is 8.39. The molecule has 9 aromatic heterocycles. The second-order valence-electron chi connectivity index (χ2n) is 28.8. The van der Waals surface area contributed by atoms with Crippen molar-refractivity contribution in [3.63, 3.8) is 0 Å². The zero-order chi connectivity index (χ0) is 77.2. The number of pyridine rings is 5. The predicted molar refractivity (Wildman–Crippen MR) is 448 cm³/mol. The lowest BCUT2D eigenvalue weighted by Gasteiger charge is -2.37. The molecular weight excluding hydrogens is 1370 g/mol. The van der Waals surface area contributed by atoms with Gasteiger partial charge < -0.3 is 75.8 Å². The molecule has 0 aliphatic carbocycles. The normalized spacial score (nSPS) is 18.7. The summed E-state index contributed by atoms with van der Waals surface area (Å²) in [6.07, 6.45) is 17.6. The first kappa shape index (κ1) is 64.0. The standard InChI is InChI=1S/C24H21BN4O.C23H20BN5O.2C19H19BN4O/c1-17-28(18-9-4-3-5-10-18)21-12-6-7-13-22(21)29(17)25-15-23-20(16-27(25)2)19-11-8-14-26-24(19)30-23;1-16-28(17-8-4-3-5-9-17)20-11-7-12-25-22(20)29(16)24-14-21-19(15-27(24)2)18-10-6-13-26-23(18)30-21;2*1-13-23(3)16-8-4-5-9-17(16)24(13)20-11-18-15(12-22(20)2)14-7-6-10-21-19(14)25-18/h3-17H,1-2H3;3-16H,1-2H3;2*4-13H,1-3H3/t17-;16-;2*13-/m0000/s1/i;;3D3;. The molecule has 110 heavy (non-hydrogen) atoms. The third-order valence-electron chi connectivity index (χ3n) is 22.5. The van der Waals surface area contributed by atoms with Crippen LogP contribution < -0.4 is 81.4 Å². The molecule has 0 fully saturated rings. The van der Waals surface area contributed by atoms with Gasteiger partial charge in [0.25, 0.3) is 0 Å². The van der Waals surface area contributed by atoms with E-state index in [2.05, 4.69) is 286 Å². The molecule has 0 bridgehead atoms. The fourth-order valence-electron chi connectivity index (χ4n) is 17.1. The minimum Gasteiger partial charge on any atom is -0.439 e. The molecule has 22 rings (SSSR count). The lowest BCUT2D eigenvalue weighted by Crippen LogP contribution is -2.56. The molecule has 0 amide bonds. The molecule has 25 heteroatoms. The highest BCUT2D eigenvalue weighted by Crippen LogP contribution is 2.47. The van der Waals surface area contributed by atoms with E-state index in [-0.39, 0.29) is 52.6 Å². The van der Waals surface area contributed by atoms with E-state index < -0.39 is 6.98 Å². The van der Waals surface area contributed by atoms with E-state index in [1.54, 1.807) is 24.8 Å². The Balaban J connectivity index is 0.000000101. The average Bonchev–Trinajstić information content (AvgIpc) is 1.59. The Morgan fingerprint density at radius 2 is 0.591 bits per heavy atom. The summed E-state index contributed by atoms with van der Waals surface area (Å²) in [6.45, 7) is 6.30. The largest absolute Gasteiger partial charge is 0.439 e. The monoisotopic (exact) mass is 1450 g/mol. The van der Waals surface area contributed by atoms with Gasteiger partial charge in [0.15, 0.2) is 0 Å². The van der Waals surface area contributed by atoms with Gasteiger partial charge in [0, 0.05) is 128 Å². The Morgan fingerprint density at radius 3 is 0.991 bits per heavy atom. The number of hydrogen-bond acceptors (Lipinski definition) is 21. The fraction of sp³-hybridized carbons (Fsp3) is 0.165. The molecule has 8 aliphatic heterocycles. The van der Waals surface area contributed by atoms with Crippen LogP contribution >= 0.6 is 0 Å². The summed E-state index contributed by atoms with van der Waals surface area (Å²) in [6, 6.07) is 65.9. The van der Waals surface area contributed by atoms with Gasteiger partial charge in [0.1, 0.15) is 27.5 Å². The molecule has 0 unspecified atom stereocenters. The third-order valence-corrected chi connectivity index (χ3v) is 22.5. The zero-order valence-corrected chi connectivity index (χ0v) is 62.3. The second kappa shape index (κ2) is 26.9. The van der Waals surface area contributed by atoms with Crippen molar-refractivity contribution < 1.29 is 21.8 Å². The van der Waals surface area contributed by atoms with E-state index in [0.29, 0.717) is 28.5 Å². The number of para-hydroxylation sites is 8. The summed E-state index contributed by atoms with van der Waals surface area (Å²) in [4.78, 5) is 48.8. The molecule has 17 heterocycles. The quantitative estimate of drug-likeness (QED) is 0.145. The van der Waals surface area contributed by atoms with Crippen molar-refractivity contribution in [2.24, 2.45) is 0 Å². The molecule has 0 radical (unpaired) electrons. The Bertz CT molecular complexity index is 6390. The number of furan rings is 4. The van der Waals surface area contributed by atoms with Crippen LogP contribution in [0.4, 0.5) is 57.0 Å². The summed E-state index contributed by atoms with van der Waals surface area (Å²) in [7, 11) is 10.5. The van der Waals surface area contributed by atoms with E-state index in [9.17, 15) is 0 Å². The maximum absolute atomic E-state index is 8.01. The molecule has 21 nitrogen and oxygen atoms in total. The van der Waals surface area contributed by atoms with Gasteiger partial charge in [-0.1, -0.05) is 72.8 Å². The van der Waals surface area contributed by atoms with Gasteiger partial charge in [-0.05, 0) is 201 Å². The molecule has 5 aromatic carbocycles. The predicted octanol–water partition coefficient (Wildman–Crippen LogP) is 9.28. The Morgan fingerprint density at radius 1 is 0.300 bits per heavy atom. The number of rotatable bonds is 6. The highest BCUT2D eigenvalue weighted by molar-refractivity contribution is 6.77. The van der Waals surface area contributed by atoms with Crippen molar-refractivity contribution in [2.45, 2.75) is 52.4 Å². The Labute approximate surface area is 641 Å². The van der Waals surface area contributed by atoms with Crippen molar-refractivity contribution in [1.29, 1.82) is 0 Å². The van der Waals surface area contributed by atoms with Crippen LogP contribution in [0.15, 0.2) is 243 Å². The van der Waals surface area contributed by atoms with Gasteiger partial charge >= 0.3 is 27.9 Å². The van der Waals surface area contributed by atoms with E-state index in [1.807, 2.05) is 99.1 Å². The van der Waals surface area contributed by atoms with Gasteiger partial charge in [-0.2, -0.15) is 0 Å². The Kier molecular flexibility index (Phi) is 15.7. The molecule has 540 valence electrons. The van der Waals surface area contributed by atoms with E-state index in [0.717, 1.165) is 87.0 Å². The topological polar surface area (TPSA) is 156 Å². The maximum atomic E-state index is 8.01. The average molecular weight is 1450 g/mol. The first-order chi connectivity index (χ1) is 54.9.